The molecule has 0 unspecified atom stereocenters. The van der Waals surface area contributed by atoms with Gasteiger partial charge >= 0.3 is 0 Å². The van der Waals surface area contributed by atoms with Gasteiger partial charge in [0.25, 0.3) is 5.91 Å². The zero-order valence-electron chi connectivity index (χ0n) is 14.4. The molecule has 0 aliphatic heterocycles. The molecule has 132 valence electrons. The van der Waals surface area contributed by atoms with Gasteiger partial charge in [0.15, 0.2) is 0 Å². The third-order valence-corrected chi connectivity index (χ3v) is 4.06. The highest BCUT2D eigenvalue weighted by molar-refractivity contribution is 6.30. The molecule has 2 N–H and O–H groups in total. The predicted molar refractivity (Wildman–Crippen MR) is 104 cm³/mol. The number of aromatic nitrogens is 2. The third kappa shape index (κ3) is 5.04. The molecule has 0 fully saturated rings. The number of hydrogen-bond donors (Lipinski definition) is 2. The lowest BCUT2D eigenvalue weighted by atomic mass is 10.1. The normalized spacial score (nSPS) is 10.4. The maximum atomic E-state index is 12.3. The fourth-order valence-electron chi connectivity index (χ4n) is 2.37. The molecule has 0 atom stereocenters. The summed E-state index contributed by atoms with van der Waals surface area (Å²) in [7, 11) is 0. The Labute approximate surface area is 157 Å². The van der Waals surface area contributed by atoms with Gasteiger partial charge in [0.2, 0.25) is 5.95 Å². The highest BCUT2D eigenvalue weighted by Gasteiger charge is 2.08. The van der Waals surface area contributed by atoms with Gasteiger partial charge in [-0.25, -0.2) is 9.97 Å². The lowest BCUT2D eigenvalue weighted by molar-refractivity contribution is 0.0949. The summed E-state index contributed by atoms with van der Waals surface area (Å²) in [5.41, 5.74) is 3.48. The molecule has 6 heteroatoms. The Bertz CT molecular complexity index is 879. The van der Waals surface area contributed by atoms with Crippen LogP contribution in [0.1, 0.15) is 21.6 Å². The zero-order chi connectivity index (χ0) is 18.4. The minimum atomic E-state index is -0.228. The first-order valence-corrected chi connectivity index (χ1v) is 8.67. The van der Waals surface area contributed by atoms with E-state index in [0.717, 1.165) is 17.7 Å². The second kappa shape index (κ2) is 8.45. The van der Waals surface area contributed by atoms with Gasteiger partial charge in [-0.05, 0) is 49.2 Å². The molecule has 0 aliphatic carbocycles. The summed E-state index contributed by atoms with van der Waals surface area (Å²) >= 11 is 5.87. The van der Waals surface area contributed by atoms with Crippen LogP contribution in [0.15, 0.2) is 60.8 Å². The van der Waals surface area contributed by atoms with Crippen molar-refractivity contribution in [1.29, 1.82) is 0 Å². The first-order valence-electron chi connectivity index (χ1n) is 8.29. The van der Waals surface area contributed by atoms with E-state index < -0.39 is 0 Å². The first-order chi connectivity index (χ1) is 12.6. The van der Waals surface area contributed by atoms with Crippen molar-refractivity contribution in [3.8, 4) is 0 Å². The molecule has 1 heterocycles. The lowest BCUT2D eigenvalue weighted by Gasteiger charge is -2.08. The van der Waals surface area contributed by atoms with Gasteiger partial charge in [-0.1, -0.05) is 41.4 Å². The van der Waals surface area contributed by atoms with Crippen LogP contribution in [0.2, 0.25) is 5.02 Å². The van der Waals surface area contributed by atoms with Gasteiger partial charge in [-0.3, -0.25) is 4.79 Å². The van der Waals surface area contributed by atoms with E-state index >= 15 is 0 Å². The van der Waals surface area contributed by atoms with Crippen molar-refractivity contribution in [2.75, 3.05) is 11.9 Å². The molecule has 1 aromatic heterocycles. The molecule has 2 aromatic carbocycles. The topological polar surface area (TPSA) is 66.9 Å². The minimum absolute atomic E-state index is 0.228. The Morgan fingerprint density at radius 2 is 1.77 bits per heavy atom. The van der Waals surface area contributed by atoms with Gasteiger partial charge in [0, 0.05) is 23.5 Å². The van der Waals surface area contributed by atoms with Crippen LogP contribution in [0, 0.1) is 6.92 Å². The SMILES string of the molecule is Cc1ccc(Nc2nccc(C(=O)NCCc3ccc(Cl)cc3)n2)cc1. The number of aryl methyl sites for hydroxylation is 1. The third-order valence-electron chi connectivity index (χ3n) is 3.81. The Kier molecular flexibility index (Phi) is 5.81. The molecule has 0 bridgehead atoms. The average Bonchev–Trinajstić information content (AvgIpc) is 2.65. The summed E-state index contributed by atoms with van der Waals surface area (Å²) < 4.78 is 0. The van der Waals surface area contributed by atoms with Crippen LogP contribution in [-0.4, -0.2) is 22.4 Å². The van der Waals surface area contributed by atoms with Crippen molar-refractivity contribution in [3.05, 3.63) is 82.6 Å². The molecule has 3 aromatic rings. The molecule has 0 saturated heterocycles. The molecule has 3 rings (SSSR count). The summed E-state index contributed by atoms with van der Waals surface area (Å²) in [4.78, 5) is 20.7. The number of nitrogens with one attached hydrogen (secondary N) is 2. The standard InChI is InChI=1S/C20H19ClN4O/c1-14-2-8-17(9-3-14)24-20-23-13-11-18(25-20)19(26)22-12-10-15-4-6-16(21)7-5-15/h2-9,11,13H,10,12H2,1H3,(H,22,26)(H,23,24,25). The summed E-state index contributed by atoms with van der Waals surface area (Å²) in [6.07, 6.45) is 2.29. The Balaban J connectivity index is 1.57. The van der Waals surface area contributed by atoms with E-state index in [1.54, 1.807) is 12.3 Å². The van der Waals surface area contributed by atoms with Crippen molar-refractivity contribution in [1.82, 2.24) is 15.3 Å². The second-order valence-electron chi connectivity index (χ2n) is 5.89. The molecule has 0 spiro atoms. The van der Waals surface area contributed by atoms with E-state index in [-0.39, 0.29) is 5.91 Å². The fraction of sp³-hybridized carbons (Fsp3) is 0.150. The summed E-state index contributed by atoms with van der Waals surface area (Å²) in [5.74, 6) is 0.160. The maximum Gasteiger partial charge on any atom is 0.270 e. The monoisotopic (exact) mass is 366 g/mol. The molecule has 0 radical (unpaired) electrons. The maximum absolute atomic E-state index is 12.3. The summed E-state index contributed by atoms with van der Waals surface area (Å²) in [6.45, 7) is 2.54. The number of carbonyl (C=O) groups excluding carboxylic acids is 1. The highest BCUT2D eigenvalue weighted by atomic mass is 35.5. The van der Waals surface area contributed by atoms with E-state index in [0.29, 0.717) is 23.2 Å². The smallest absolute Gasteiger partial charge is 0.270 e. The minimum Gasteiger partial charge on any atom is -0.350 e. The Morgan fingerprint density at radius 1 is 1.04 bits per heavy atom. The number of amides is 1. The molecular formula is C20H19ClN4O. The number of nitrogens with zero attached hydrogens (tertiary/aromatic N) is 2. The molecule has 26 heavy (non-hydrogen) atoms. The number of benzene rings is 2. The van der Waals surface area contributed by atoms with E-state index in [2.05, 4.69) is 20.6 Å². The average molecular weight is 367 g/mol. The van der Waals surface area contributed by atoms with Crippen LogP contribution in [0.25, 0.3) is 0 Å². The van der Waals surface area contributed by atoms with E-state index in [4.69, 9.17) is 11.6 Å². The highest BCUT2D eigenvalue weighted by Crippen LogP contribution is 2.13. The number of hydrogen-bond acceptors (Lipinski definition) is 4. The lowest BCUT2D eigenvalue weighted by Crippen LogP contribution is -2.26. The molecular weight excluding hydrogens is 348 g/mol. The van der Waals surface area contributed by atoms with E-state index in [1.807, 2.05) is 55.5 Å². The van der Waals surface area contributed by atoms with E-state index in [9.17, 15) is 4.79 Å². The number of halogens is 1. The van der Waals surface area contributed by atoms with Crippen molar-refractivity contribution < 1.29 is 4.79 Å². The molecule has 0 saturated carbocycles. The molecule has 5 nitrogen and oxygen atoms in total. The number of rotatable bonds is 6. The van der Waals surface area contributed by atoms with Gasteiger partial charge in [0.05, 0.1) is 0 Å². The van der Waals surface area contributed by atoms with Crippen LogP contribution in [-0.2, 0) is 6.42 Å². The van der Waals surface area contributed by atoms with Crippen LogP contribution in [0.4, 0.5) is 11.6 Å². The Hall–Kier alpha value is -2.92. The fourth-order valence-corrected chi connectivity index (χ4v) is 2.50. The van der Waals surface area contributed by atoms with Crippen molar-refractivity contribution >= 4 is 29.1 Å². The molecule has 1 amide bonds. The van der Waals surface area contributed by atoms with Crippen LogP contribution in [0.3, 0.4) is 0 Å². The summed E-state index contributed by atoms with van der Waals surface area (Å²) in [6, 6.07) is 17.0. The van der Waals surface area contributed by atoms with Gasteiger partial charge in [-0.2, -0.15) is 0 Å². The molecule has 0 aliphatic rings. The van der Waals surface area contributed by atoms with Crippen molar-refractivity contribution in [2.45, 2.75) is 13.3 Å². The number of anilines is 2. The van der Waals surface area contributed by atoms with Crippen LogP contribution < -0.4 is 10.6 Å². The van der Waals surface area contributed by atoms with Gasteiger partial charge < -0.3 is 10.6 Å². The number of carbonyl (C=O) groups is 1. The van der Waals surface area contributed by atoms with Crippen LogP contribution in [0.5, 0.6) is 0 Å². The summed E-state index contributed by atoms with van der Waals surface area (Å²) in [5, 5.41) is 6.67. The van der Waals surface area contributed by atoms with Gasteiger partial charge in [-0.15, -0.1) is 0 Å². The zero-order valence-corrected chi connectivity index (χ0v) is 15.1. The van der Waals surface area contributed by atoms with Crippen LogP contribution >= 0.6 is 11.6 Å². The second-order valence-corrected chi connectivity index (χ2v) is 6.33. The van der Waals surface area contributed by atoms with Crippen molar-refractivity contribution in [3.63, 3.8) is 0 Å². The first kappa shape index (κ1) is 17.9. The largest absolute Gasteiger partial charge is 0.350 e. The van der Waals surface area contributed by atoms with E-state index in [1.165, 1.54) is 5.56 Å². The van der Waals surface area contributed by atoms with Gasteiger partial charge in [0.1, 0.15) is 5.69 Å². The predicted octanol–water partition coefficient (Wildman–Crippen LogP) is 4.15. The van der Waals surface area contributed by atoms with Crippen molar-refractivity contribution in [2.24, 2.45) is 0 Å². The Morgan fingerprint density at radius 3 is 2.50 bits per heavy atom. The quantitative estimate of drug-likeness (QED) is 0.687.